The number of aryl methyl sites for hydroxylation is 2. The highest BCUT2D eigenvalue weighted by molar-refractivity contribution is 5.23. The van der Waals surface area contributed by atoms with E-state index >= 15 is 0 Å². The van der Waals surface area contributed by atoms with Crippen LogP contribution in [0.25, 0.3) is 0 Å². The molecule has 110 valence electrons. The minimum absolute atomic E-state index is 0.643. The van der Waals surface area contributed by atoms with Crippen LogP contribution in [0.15, 0.2) is 12.3 Å². The van der Waals surface area contributed by atoms with E-state index in [0.717, 1.165) is 37.6 Å². The first kappa shape index (κ1) is 13.0. The highest BCUT2D eigenvalue weighted by atomic mass is 15.3. The first-order valence-corrected chi connectivity index (χ1v) is 7.75. The third kappa shape index (κ3) is 2.58. The monoisotopic (exact) mass is 283 g/mol. The van der Waals surface area contributed by atoms with Gasteiger partial charge >= 0.3 is 0 Å². The van der Waals surface area contributed by atoms with E-state index in [0.29, 0.717) is 5.92 Å². The van der Waals surface area contributed by atoms with Gasteiger partial charge in [-0.05, 0) is 25.8 Å². The van der Waals surface area contributed by atoms with E-state index in [1.165, 1.54) is 29.8 Å². The molecule has 0 spiro atoms. The van der Waals surface area contributed by atoms with Crippen LogP contribution in [0.3, 0.4) is 0 Å². The molecule has 1 fully saturated rings. The molecule has 4 rings (SSSR count). The predicted molar refractivity (Wildman–Crippen MR) is 79.8 cm³/mol. The SMILES string of the molecule is Cc1cc(CN2CCc3nc(C4CC4)ncc3C2)nn1C. The van der Waals surface area contributed by atoms with Crippen molar-refractivity contribution in [3.63, 3.8) is 0 Å². The summed E-state index contributed by atoms with van der Waals surface area (Å²) in [6.07, 6.45) is 5.61. The molecule has 0 aromatic carbocycles. The summed E-state index contributed by atoms with van der Waals surface area (Å²) in [5.74, 6) is 1.72. The van der Waals surface area contributed by atoms with Crippen molar-refractivity contribution in [2.45, 2.75) is 45.2 Å². The summed E-state index contributed by atoms with van der Waals surface area (Å²) in [5, 5.41) is 4.55. The minimum atomic E-state index is 0.643. The van der Waals surface area contributed by atoms with Gasteiger partial charge in [0.1, 0.15) is 5.82 Å². The van der Waals surface area contributed by atoms with Gasteiger partial charge in [-0.25, -0.2) is 9.97 Å². The van der Waals surface area contributed by atoms with Crippen LogP contribution in [0.5, 0.6) is 0 Å². The zero-order chi connectivity index (χ0) is 14.4. The number of hydrogen-bond acceptors (Lipinski definition) is 4. The average molecular weight is 283 g/mol. The summed E-state index contributed by atoms with van der Waals surface area (Å²) >= 11 is 0. The highest BCUT2D eigenvalue weighted by Gasteiger charge is 2.28. The number of aromatic nitrogens is 4. The zero-order valence-corrected chi connectivity index (χ0v) is 12.7. The molecule has 0 saturated heterocycles. The Hall–Kier alpha value is -1.75. The molecule has 21 heavy (non-hydrogen) atoms. The van der Waals surface area contributed by atoms with Gasteiger partial charge in [0, 0.05) is 62.2 Å². The van der Waals surface area contributed by atoms with Gasteiger partial charge < -0.3 is 0 Å². The van der Waals surface area contributed by atoms with E-state index in [9.17, 15) is 0 Å². The van der Waals surface area contributed by atoms with E-state index in [-0.39, 0.29) is 0 Å². The van der Waals surface area contributed by atoms with Crippen LogP contribution in [0.4, 0.5) is 0 Å². The molecule has 5 heteroatoms. The average Bonchev–Trinajstić information content (AvgIpc) is 3.26. The van der Waals surface area contributed by atoms with Crippen LogP contribution >= 0.6 is 0 Å². The van der Waals surface area contributed by atoms with Crippen molar-refractivity contribution in [1.82, 2.24) is 24.6 Å². The van der Waals surface area contributed by atoms with Gasteiger partial charge in [-0.3, -0.25) is 9.58 Å². The smallest absolute Gasteiger partial charge is 0.131 e. The predicted octanol–water partition coefficient (Wildman–Crippen LogP) is 1.95. The topological polar surface area (TPSA) is 46.8 Å². The van der Waals surface area contributed by atoms with Crippen molar-refractivity contribution in [1.29, 1.82) is 0 Å². The Morgan fingerprint density at radius 1 is 1.33 bits per heavy atom. The summed E-state index contributed by atoms with van der Waals surface area (Å²) in [5.41, 5.74) is 4.91. The van der Waals surface area contributed by atoms with Crippen molar-refractivity contribution in [2.75, 3.05) is 6.54 Å². The van der Waals surface area contributed by atoms with E-state index < -0.39 is 0 Å². The molecule has 0 radical (unpaired) electrons. The molecule has 2 aromatic heterocycles. The summed E-state index contributed by atoms with van der Waals surface area (Å²) in [6.45, 7) is 5.00. The molecular weight excluding hydrogens is 262 g/mol. The van der Waals surface area contributed by atoms with Gasteiger partial charge in [-0.1, -0.05) is 0 Å². The van der Waals surface area contributed by atoms with Gasteiger partial charge in [0.2, 0.25) is 0 Å². The molecule has 5 nitrogen and oxygen atoms in total. The summed E-state index contributed by atoms with van der Waals surface area (Å²) < 4.78 is 1.94. The van der Waals surface area contributed by atoms with Crippen LogP contribution in [0.2, 0.25) is 0 Å². The Morgan fingerprint density at radius 3 is 2.90 bits per heavy atom. The minimum Gasteiger partial charge on any atom is -0.293 e. The molecule has 0 unspecified atom stereocenters. The summed E-state index contributed by atoms with van der Waals surface area (Å²) in [4.78, 5) is 11.8. The van der Waals surface area contributed by atoms with Crippen molar-refractivity contribution in [3.05, 3.63) is 40.7 Å². The number of hydrogen-bond donors (Lipinski definition) is 0. The fourth-order valence-corrected chi connectivity index (χ4v) is 3.00. The van der Waals surface area contributed by atoms with Crippen molar-refractivity contribution in [2.24, 2.45) is 7.05 Å². The Bertz CT molecular complexity index is 652. The Kier molecular flexibility index (Phi) is 3.03. The van der Waals surface area contributed by atoms with Crippen LogP contribution in [-0.4, -0.2) is 31.2 Å². The molecule has 3 heterocycles. The van der Waals surface area contributed by atoms with Crippen LogP contribution < -0.4 is 0 Å². The fourth-order valence-electron chi connectivity index (χ4n) is 3.00. The van der Waals surface area contributed by atoms with Crippen LogP contribution in [-0.2, 0) is 26.6 Å². The standard InChI is InChI=1S/C16H21N5/c1-11-7-14(19-20(11)2)10-21-6-5-15-13(9-21)8-17-16(18-15)12-3-4-12/h7-8,12H,3-6,9-10H2,1-2H3. The van der Waals surface area contributed by atoms with E-state index in [4.69, 9.17) is 4.98 Å². The van der Waals surface area contributed by atoms with Gasteiger partial charge in [0.15, 0.2) is 0 Å². The molecule has 1 aliphatic carbocycles. The Balaban J connectivity index is 1.48. The molecule has 1 aliphatic heterocycles. The van der Waals surface area contributed by atoms with Crippen molar-refractivity contribution in [3.8, 4) is 0 Å². The maximum atomic E-state index is 4.78. The second-order valence-corrected chi connectivity index (χ2v) is 6.34. The lowest BCUT2D eigenvalue weighted by molar-refractivity contribution is 0.239. The van der Waals surface area contributed by atoms with E-state index in [1.807, 2.05) is 17.9 Å². The highest BCUT2D eigenvalue weighted by Crippen LogP contribution is 2.38. The molecule has 0 N–H and O–H groups in total. The fraction of sp³-hybridized carbons (Fsp3) is 0.562. The van der Waals surface area contributed by atoms with E-state index in [2.05, 4.69) is 28.0 Å². The lowest BCUT2D eigenvalue weighted by atomic mass is 10.1. The molecule has 0 bridgehead atoms. The zero-order valence-electron chi connectivity index (χ0n) is 12.7. The maximum Gasteiger partial charge on any atom is 0.131 e. The Labute approximate surface area is 125 Å². The second-order valence-electron chi connectivity index (χ2n) is 6.34. The summed E-state index contributed by atoms with van der Waals surface area (Å²) in [6, 6.07) is 2.17. The molecule has 0 amide bonds. The molecule has 0 atom stereocenters. The normalized spacial score (nSPS) is 18.8. The van der Waals surface area contributed by atoms with Gasteiger partial charge in [-0.15, -0.1) is 0 Å². The molecule has 1 saturated carbocycles. The Morgan fingerprint density at radius 2 is 2.19 bits per heavy atom. The molecule has 2 aromatic rings. The van der Waals surface area contributed by atoms with Gasteiger partial charge in [0.05, 0.1) is 5.69 Å². The third-order valence-corrected chi connectivity index (χ3v) is 4.52. The van der Waals surface area contributed by atoms with Gasteiger partial charge in [0.25, 0.3) is 0 Å². The number of fused-ring (bicyclic) bond motifs is 1. The van der Waals surface area contributed by atoms with Crippen LogP contribution in [0, 0.1) is 6.92 Å². The second kappa shape index (κ2) is 4.91. The first-order valence-electron chi connectivity index (χ1n) is 7.75. The lowest BCUT2D eigenvalue weighted by Crippen LogP contribution is -2.31. The lowest BCUT2D eigenvalue weighted by Gasteiger charge is -2.27. The van der Waals surface area contributed by atoms with Gasteiger partial charge in [-0.2, -0.15) is 5.10 Å². The maximum absolute atomic E-state index is 4.78. The summed E-state index contributed by atoms with van der Waals surface area (Å²) in [7, 11) is 2.00. The third-order valence-electron chi connectivity index (χ3n) is 4.52. The molecule has 2 aliphatic rings. The quantitative estimate of drug-likeness (QED) is 0.864. The van der Waals surface area contributed by atoms with Crippen molar-refractivity contribution < 1.29 is 0 Å². The number of rotatable bonds is 3. The largest absolute Gasteiger partial charge is 0.293 e. The number of nitrogens with zero attached hydrogens (tertiary/aromatic N) is 5. The van der Waals surface area contributed by atoms with E-state index in [1.54, 1.807) is 0 Å². The first-order chi connectivity index (χ1) is 10.2. The van der Waals surface area contributed by atoms with Crippen molar-refractivity contribution >= 4 is 0 Å². The molecular formula is C16H21N5. The van der Waals surface area contributed by atoms with Crippen LogP contribution in [0.1, 0.15) is 47.2 Å².